The summed E-state index contributed by atoms with van der Waals surface area (Å²) in [5, 5.41) is 8.34. The highest BCUT2D eigenvalue weighted by Crippen LogP contribution is 1.94. The first-order valence-corrected chi connectivity index (χ1v) is 2.56. The minimum Gasteiger partial charge on any atom is -0.372 e. The van der Waals surface area contributed by atoms with Crippen molar-refractivity contribution >= 4 is 5.97 Å². The molecule has 0 saturated heterocycles. The third-order valence-electron chi connectivity index (χ3n) is 0.842. The summed E-state index contributed by atoms with van der Waals surface area (Å²) in [5.41, 5.74) is 0. The molecule has 62 valence electrons. The molecule has 0 aromatic carbocycles. The summed E-state index contributed by atoms with van der Waals surface area (Å²) in [6, 6.07) is -1.14. The lowest BCUT2D eigenvalue weighted by Crippen LogP contribution is -2.26. The van der Waals surface area contributed by atoms with Crippen molar-refractivity contribution in [3.05, 3.63) is 4.91 Å². The van der Waals surface area contributed by atoms with Gasteiger partial charge in [0.15, 0.2) is 6.04 Å². The smallest absolute Gasteiger partial charge is 0.353 e. The Morgan fingerprint density at radius 2 is 2.27 bits per heavy atom. The molecule has 8 heteroatoms. The van der Waals surface area contributed by atoms with Crippen LogP contribution in [0.5, 0.6) is 0 Å². The van der Waals surface area contributed by atoms with Crippen LogP contribution < -0.4 is 11.7 Å². The van der Waals surface area contributed by atoms with Crippen LogP contribution in [0.1, 0.15) is 0 Å². The largest absolute Gasteiger partial charge is 0.372 e. The molecule has 1 atom stereocenters. The second-order valence-electron chi connectivity index (χ2n) is 1.50. The van der Waals surface area contributed by atoms with Gasteiger partial charge in [-0.15, -0.1) is 0 Å². The highest BCUT2D eigenvalue weighted by molar-refractivity contribution is 5.75. The van der Waals surface area contributed by atoms with Crippen LogP contribution >= 0.6 is 0 Å². The number of hydrogen-bond donors (Lipinski definition) is 2. The fraction of sp³-hybridized carbons (Fsp3) is 0.667. The van der Waals surface area contributed by atoms with E-state index in [9.17, 15) is 9.70 Å². The van der Waals surface area contributed by atoms with Crippen LogP contribution in [0.4, 0.5) is 0 Å². The molecule has 0 aromatic heterocycles. The van der Waals surface area contributed by atoms with Crippen molar-refractivity contribution in [1.29, 1.82) is 0 Å². The summed E-state index contributed by atoms with van der Waals surface area (Å²) >= 11 is 0. The Morgan fingerprint density at radius 3 is 2.64 bits per heavy atom. The van der Waals surface area contributed by atoms with Gasteiger partial charge < -0.3 is 10.7 Å². The van der Waals surface area contributed by atoms with Crippen molar-refractivity contribution in [3.63, 3.8) is 0 Å². The number of nitrogens with two attached hydrogens (primary N) is 2. The molecule has 0 spiro atoms. The lowest BCUT2D eigenvalue weighted by molar-refractivity contribution is -0.145. The van der Waals surface area contributed by atoms with E-state index in [1.165, 1.54) is 0 Å². The molecule has 8 nitrogen and oxygen atoms in total. The molecule has 0 heterocycles. The lowest BCUT2D eigenvalue weighted by atomic mass is 10.3. The van der Waals surface area contributed by atoms with E-state index >= 15 is 0 Å². The van der Waals surface area contributed by atoms with E-state index in [-0.39, 0.29) is 0 Å². The zero-order chi connectivity index (χ0) is 8.69. The highest BCUT2D eigenvalue weighted by atomic mass is 16.7. The fourth-order valence-electron chi connectivity index (χ4n) is 0.388. The third-order valence-corrected chi connectivity index (χ3v) is 0.842. The summed E-state index contributed by atoms with van der Waals surface area (Å²) in [5.74, 6) is 8.21. The second kappa shape index (κ2) is 5.23. The summed E-state index contributed by atoms with van der Waals surface area (Å²) in [4.78, 5) is 24.0. The van der Waals surface area contributed by atoms with E-state index < -0.39 is 18.6 Å². The van der Waals surface area contributed by atoms with Gasteiger partial charge in [-0.05, 0) is 0 Å². The number of rotatable bonds is 4. The molecule has 0 aliphatic rings. The predicted molar refractivity (Wildman–Crippen MR) is 33.8 cm³/mol. The molecule has 0 saturated carbocycles. The van der Waals surface area contributed by atoms with Crippen molar-refractivity contribution in [2.75, 3.05) is 6.54 Å². The van der Waals surface area contributed by atoms with Gasteiger partial charge in [0, 0.05) is 0 Å². The van der Waals surface area contributed by atoms with Crippen molar-refractivity contribution in [3.8, 4) is 0 Å². The Kier molecular flexibility index (Phi) is 4.49. The maximum Gasteiger partial charge on any atom is 0.353 e. The van der Waals surface area contributed by atoms with Gasteiger partial charge in [-0.1, -0.05) is 10.4 Å². The molecule has 0 aromatic rings. The molecule has 0 unspecified atom stereocenters. The first kappa shape index (κ1) is 9.43. The zero-order valence-electron chi connectivity index (χ0n) is 5.51. The van der Waals surface area contributed by atoms with Gasteiger partial charge in [0.25, 0.3) is 0 Å². The number of carbonyl (C=O) groups excluding carboxylic acids is 1. The van der Waals surface area contributed by atoms with Crippen LogP contribution in [0.15, 0.2) is 15.5 Å². The number of hydrogen-bond acceptors (Lipinski definition) is 7. The Balaban J connectivity index is 4.08. The van der Waals surface area contributed by atoms with Gasteiger partial charge in [-0.2, -0.15) is 15.9 Å². The molecular formula is C3H7N5O3. The van der Waals surface area contributed by atoms with Gasteiger partial charge in [0.05, 0.1) is 0 Å². The number of nitroso groups, excluding NO2 is 1. The van der Waals surface area contributed by atoms with Crippen molar-refractivity contribution in [1.82, 2.24) is 0 Å². The van der Waals surface area contributed by atoms with E-state index in [4.69, 9.17) is 0 Å². The maximum atomic E-state index is 10.5. The van der Waals surface area contributed by atoms with Crippen LogP contribution in [0.3, 0.4) is 0 Å². The molecule has 11 heavy (non-hydrogen) atoms. The maximum absolute atomic E-state index is 10.5. The summed E-state index contributed by atoms with van der Waals surface area (Å²) in [6.45, 7) is -0.392. The quantitative estimate of drug-likeness (QED) is 0.233. The lowest BCUT2D eigenvalue weighted by Gasteiger charge is -2.00. The predicted octanol–water partition coefficient (Wildman–Crippen LogP) is -1.14. The van der Waals surface area contributed by atoms with Crippen LogP contribution in [-0.4, -0.2) is 18.6 Å². The normalized spacial score (nSPS) is 12.8. The van der Waals surface area contributed by atoms with Gasteiger partial charge >= 0.3 is 5.97 Å². The second-order valence-corrected chi connectivity index (χ2v) is 1.50. The van der Waals surface area contributed by atoms with E-state index in [1.54, 1.807) is 0 Å². The Bertz CT molecular complexity index is 168. The van der Waals surface area contributed by atoms with Crippen LogP contribution in [-0.2, 0) is 9.63 Å². The molecule has 0 aliphatic heterocycles. The SMILES string of the molecule is NN=N[C@@H](CN=O)C(=O)ON. The fourth-order valence-corrected chi connectivity index (χ4v) is 0.388. The van der Waals surface area contributed by atoms with Crippen molar-refractivity contribution < 1.29 is 9.63 Å². The van der Waals surface area contributed by atoms with E-state index in [1.807, 2.05) is 0 Å². The summed E-state index contributed by atoms with van der Waals surface area (Å²) < 4.78 is 0. The summed E-state index contributed by atoms with van der Waals surface area (Å²) in [6.07, 6.45) is 0. The summed E-state index contributed by atoms with van der Waals surface area (Å²) in [7, 11) is 0. The Morgan fingerprint density at radius 1 is 1.64 bits per heavy atom. The van der Waals surface area contributed by atoms with Crippen molar-refractivity contribution in [2.45, 2.75) is 6.04 Å². The minimum atomic E-state index is -1.14. The van der Waals surface area contributed by atoms with Gasteiger partial charge in [-0.3, -0.25) is 0 Å². The van der Waals surface area contributed by atoms with Gasteiger partial charge in [0.1, 0.15) is 6.54 Å². The van der Waals surface area contributed by atoms with Gasteiger partial charge in [0.2, 0.25) is 0 Å². The molecule has 0 rings (SSSR count). The van der Waals surface area contributed by atoms with Crippen LogP contribution in [0.2, 0.25) is 0 Å². The number of nitrogens with zero attached hydrogens (tertiary/aromatic N) is 3. The molecule has 0 amide bonds. The molecule has 0 radical (unpaired) electrons. The van der Waals surface area contributed by atoms with E-state index in [2.05, 4.69) is 32.1 Å². The molecule has 4 N–H and O–H groups in total. The number of carbonyl (C=O) groups is 1. The average Bonchev–Trinajstić information content (AvgIpc) is 2.03. The van der Waals surface area contributed by atoms with Crippen LogP contribution in [0.25, 0.3) is 0 Å². The standard InChI is InChI=1S/C3H7N5O3/c4-8-7-2(1-6-10)3(9)11-5/h2H,1,5H2,(H2,4,7)/t2-/m0/s1. The molecular weight excluding hydrogens is 154 g/mol. The van der Waals surface area contributed by atoms with Crippen molar-refractivity contribution in [2.24, 2.45) is 27.3 Å². The molecule has 0 bridgehead atoms. The van der Waals surface area contributed by atoms with E-state index in [0.717, 1.165) is 0 Å². The van der Waals surface area contributed by atoms with E-state index in [0.29, 0.717) is 0 Å². The highest BCUT2D eigenvalue weighted by Gasteiger charge is 2.19. The minimum absolute atomic E-state index is 0.392. The topological polar surface area (TPSA) is 132 Å². The Hall–Kier alpha value is -1.57. The third kappa shape index (κ3) is 3.20. The zero-order valence-corrected chi connectivity index (χ0v) is 5.51. The molecule has 0 fully saturated rings. The first-order valence-electron chi connectivity index (χ1n) is 2.56. The van der Waals surface area contributed by atoms with Gasteiger partial charge in [-0.25, -0.2) is 4.79 Å². The Labute approximate surface area is 61.5 Å². The monoisotopic (exact) mass is 161 g/mol. The van der Waals surface area contributed by atoms with Crippen LogP contribution in [0, 0.1) is 4.91 Å². The average molecular weight is 161 g/mol. The molecule has 0 aliphatic carbocycles. The first-order chi connectivity index (χ1) is 5.26.